The molecule has 9 heteroatoms. The van der Waals surface area contributed by atoms with E-state index in [1.54, 1.807) is 53.4 Å². The third-order valence-electron chi connectivity index (χ3n) is 8.11. The number of nitrogens with zero attached hydrogens (tertiary/aromatic N) is 4. The Hall–Kier alpha value is -4.68. The zero-order valence-corrected chi connectivity index (χ0v) is 24.8. The Bertz CT molecular complexity index is 1530. The molecule has 0 bridgehead atoms. The van der Waals surface area contributed by atoms with Crippen LogP contribution in [-0.4, -0.2) is 65.0 Å². The fourth-order valence-electron chi connectivity index (χ4n) is 6.10. The highest BCUT2D eigenvalue weighted by Gasteiger charge is 2.59. The molecule has 2 saturated heterocycles. The maximum Gasteiger partial charge on any atom is 0.332 e. The molecule has 2 atom stereocenters. The zero-order valence-electron chi connectivity index (χ0n) is 24.8. The van der Waals surface area contributed by atoms with Crippen LogP contribution in [0.1, 0.15) is 55.1 Å². The Morgan fingerprint density at radius 1 is 1.07 bits per heavy atom. The van der Waals surface area contributed by atoms with Gasteiger partial charge in [0.25, 0.3) is 11.8 Å². The summed E-state index contributed by atoms with van der Waals surface area (Å²) in [5, 5.41) is 12.4. The van der Waals surface area contributed by atoms with Crippen LogP contribution < -0.4 is 15.0 Å². The number of benzene rings is 3. The molecule has 0 radical (unpaired) electrons. The van der Waals surface area contributed by atoms with Gasteiger partial charge in [0.2, 0.25) is 0 Å². The van der Waals surface area contributed by atoms with E-state index in [1.807, 2.05) is 38.1 Å². The second-order valence-corrected chi connectivity index (χ2v) is 11.5. The van der Waals surface area contributed by atoms with Gasteiger partial charge in [-0.05, 0) is 81.6 Å². The number of urea groups is 1. The van der Waals surface area contributed by atoms with Crippen molar-refractivity contribution in [3.8, 4) is 11.8 Å². The van der Waals surface area contributed by atoms with Crippen molar-refractivity contribution in [2.75, 3.05) is 24.5 Å². The summed E-state index contributed by atoms with van der Waals surface area (Å²) in [6.07, 6.45) is 0.951. The lowest BCUT2D eigenvalue weighted by molar-refractivity contribution is -0.133. The van der Waals surface area contributed by atoms with Crippen molar-refractivity contribution in [1.82, 2.24) is 15.1 Å². The predicted octanol–water partition coefficient (Wildman–Crippen LogP) is 4.97. The summed E-state index contributed by atoms with van der Waals surface area (Å²) < 4.78 is 5.88. The van der Waals surface area contributed by atoms with Gasteiger partial charge in [0.15, 0.2) is 0 Å². The lowest BCUT2D eigenvalue weighted by atomic mass is 9.81. The summed E-state index contributed by atoms with van der Waals surface area (Å²) in [6, 6.07) is 25.4. The second kappa shape index (κ2) is 12.7. The van der Waals surface area contributed by atoms with E-state index >= 15 is 0 Å². The van der Waals surface area contributed by atoms with Gasteiger partial charge in [-0.25, -0.2) is 4.79 Å². The van der Waals surface area contributed by atoms with E-state index in [4.69, 9.17) is 4.74 Å². The first-order valence-corrected chi connectivity index (χ1v) is 14.7. The molecule has 2 fully saturated rings. The fraction of sp³-hybridized carbons (Fsp3) is 0.353. The van der Waals surface area contributed by atoms with E-state index in [9.17, 15) is 19.6 Å². The maximum atomic E-state index is 14.2. The summed E-state index contributed by atoms with van der Waals surface area (Å²) in [7, 11) is 0. The Morgan fingerprint density at radius 3 is 2.56 bits per heavy atom. The molecular formula is C34H37N5O4. The summed E-state index contributed by atoms with van der Waals surface area (Å²) >= 11 is 0. The number of anilines is 1. The first-order chi connectivity index (χ1) is 20.7. The van der Waals surface area contributed by atoms with Gasteiger partial charge in [0.1, 0.15) is 11.3 Å². The Morgan fingerprint density at radius 2 is 1.84 bits per heavy atom. The minimum atomic E-state index is -1.09. The molecule has 2 heterocycles. The smallest absolute Gasteiger partial charge is 0.332 e. The van der Waals surface area contributed by atoms with E-state index in [-0.39, 0.29) is 37.0 Å². The lowest BCUT2D eigenvalue weighted by Crippen LogP contribution is -2.59. The molecule has 2 aliphatic heterocycles. The van der Waals surface area contributed by atoms with Gasteiger partial charge in [0.05, 0.1) is 17.7 Å². The molecule has 2 aliphatic rings. The van der Waals surface area contributed by atoms with Gasteiger partial charge in [-0.1, -0.05) is 36.4 Å². The zero-order chi connectivity index (χ0) is 30.6. The molecule has 0 aromatic heterocycles. The van der Waals surface area contributed by atoms with Crippen molar-refractivity contribution in [1.29, 1.82) is 5.26 Å². The molecule has 5 rings (SSSR count). The van der Waals surface area contributed by atoms with Gasteiger partial charge in [-0.15, -0.1) is 0 Å². The molecule has 43 heavy (non-hydrogen) atoms. The van der Waals surface area contributed by atoms with E-state index in [2.05, 4.69) is 29.3 Å². The van der Waals surface area contributed by atoms with E-state index in [1.165, 1.54) is 4.90 Å². The number of nitriles is 1. The molecular weight excluding hydrogens is 542 g/mol. The third-order valence-corrected chi connectivity index (χ3v) is 8.11. The average molecular weight is 580 g/mol. The second-order valence-electron chi connectivity index (χ2n) is 11.5. The number of amides is 4. The molecule has 3 aromatic rings. The summed E-state index contributed by atoms with van der Waals surface area (Å²) in [5.41, 5.74) is 1.47. The van der Waals surface area contributed by atoms with Crippen molar-refractivity contribution in [3.05, 3.63) is 95.6 Å². The summed E-state index contributed by atoms with van der Waals surface area (Å²) in [6.45, 7) is 7.54. The summed E-state index contributed by atoms with van der Waals surface area (Å²) in [5.74, 6) is 0.286. The number of nitrogens with one attached hydrogen (secondary N) is 1. The molecule has 1 spiro atoms. The normalized spacial score (nSPS) is 20.5. The molecule has 4 amide bonds. The molecule has 0 saturated carbocycles. The highest BCUT2D eigenvalue weighted by molar-refractivity contribution is 6.17. The molecule has 1 N–H and O–H groups in total. The van der Waals surface area contributed by atoms with E-state index in [0.29, 0.717) is 42.7 Å². The van der Waals surface area contributed by atoms with Gasteiger partial charge < -0.3 is 10.1 Å². The maximum absolute atomic E-state index is 14.2. The molecule has 0 aliphatic carbocycles. The number of imide groups is 1. The standard InChI is InChI=1S/C34H37N5O4/c1-24(2)43-30-14-8-10-27(20-30)23-37-17-15-34(21-25(37)3)32(41)38(18-16-36-31(40)28-11-5-4-6-12-28)33(42)39(34)29-13-7-9-26(19-29)22-35/h4-14,19-20,24-25H,15-18,21,23H2,1-3H3,(H,36,40)/t25-,34?/m0/s1. The SMILES string of the molecule is CC(C)Oc1cccc(CN2CCC3(C[C@@H]2C)C(=O)N(CCNC(=O)c2ccccc2)C(=O)N3c2cccc(C#N)c2)c1. The monoisotopic (exact) mass is 579 g/mol. The quantitative estimate of drug-likeness (QED) is 0.359. The number of likely N-dealkylation sites (tertiary alicyclic amines) is 1. The van der Waals surface area contributed by atoms with Crippen LogP contribution in [0.2, 0.25) is 0 Å². The van der Waals surface area contributed by atoms with Crippen LogP contribution in [-0.2, 0) is 11.3 Å². The van der Waals surface area contributed by atoms with Gasteiger partial charge in [-0.2, -0.15) is 5.26 Å². The van der Waals surface area contributed by atoms with Crippen LogP contribution in [0.5, 0.6) is 5.75 Å². The number of hydrogen-bond acceptors (Lipinski definition) is 6. The van der Waals surface area contributed by atoms with Crippen LogP contribution in [0.15, 0.2) is 78.9 Å². The Kier molecular flexibility index (Phi) is 8.78. The Balaban J connectivity index is 1.36. The number of rotatable bonds is 9. The molecule has 9 nitrogen and oxygen atoms in total. The third kappa shape index (κ3) is 6.25. The van der Waals surface area contributed by atoms with Crippen LogP contribution in [0.4, 0.5) is 10.5 Å². The minimum absolute atomic E-state index is 0.0143. The minimum Gasteiger partial charge on any atom is -0.491 e. The van der Waals surface area contributed by atoms with Crippen LogP contribution in [0.3, 0.4) is 0 Å². The van der Waals surface area contributed by atoms with Crippen molar-refractivity contribution in [2.24, 2.45) is 0 Å². The van der Waals surface area contributed by atoms with Crippen molar-refractivity contribution >= 4 is 23.5 Å². The number of carbonyl (C=O) groups excluding carboxylic acids is 3. The van der Waals surface area contributed by atoms with Crippen molar-refractivity contribution in [3.63, 3.8) is 0 Å². The van der Waals surface area contributed by atoms with Crippen LogP contribution in [0, 0.1) is 11.3 Å². The van der Waals surface area contributed by atoms with E-state index in [0.717, 1.165) is 11.3 Å². The molecule has 222 valence electrons. The van der Waals surface area contributed by atoms with Crippen molar-refractivity contribution < 1.29 is 19.1 Å². The van der Waals surface area contributed by atoms with Crippen LogP contribution >= 0.6 is 0 Å². The molecule has 3 aromatic carbocycles. The van der Waals surface area contributed by atoms with E-state index < -0.39 is 11.6 Å². The van der Waals surface area contributed by atoms with Crippen LogP contribution in [0.25, 0.3) is 0 Å². The number of ether oxygens (including phenoxy) is 1. The predicted molar refractivity (Wildman–Crippen MR) is 164 cm³/mol. The molecule has 1 unspecified atom stereocenters. The number of piperidine rings is 1. The largest absolute Gasteiger partial charge is 0.491 e. The highest BCUT2D eigenvalue weighted by Crippen LogP contribution is 2.43. The first-order valence-electron chi connectivity index (χ1n) is 14.7. The van der Waals surface area contributed by atoms with Gasteiger partial charge in [0, 0.05) is 43.5 Å². The van der Waals surface area contributed by atoms with Gasteiger partial charge in [-0.3, -0.25) is 24.3 Å². The fourth-order valence-corrected chi connectivity index (χ4v) is 6.10. The number of hydrogen-bond donors (Lipinski definition) is 1. The Labute approximate surface area is 252 Å². The average Bonchev–Trinajstić information content (AvgIpc) is 3.19. The van der Waals surface area contributed by atoms with Gasteiger partial charge >= 0.3 is 6.03 Å². The first kappa shape index (κ1) is 29.8. The van der Waals surface area contributed by atoms with Crippen molar-refractivity contribution in [2.45, 2.75) is 57.8 Å². The summed E-state index contributed by atoms with van der Waals surface area (Å²) in [4.78, 5) is 45.9. The highest BCUT2D eigenvalue weighted by atomic mass is 16.5. The topological polar surface area (TPSA) is 106 Å². The lowest BCUT2D eigenvalue weighted by Gasteiger charge is -2.45. The number of carbonyl (C=O) groups is 3.